The number of hydrogen-bond acceptors (Lipinski definition) is 5. The lowest BCUT2D eigenvalue weighted by Gasteiger charge is -2.25. The van der Waals surface area contributed by atoms with Gasteiger partial charge in [0.25, 0.3) is 10.0 Å². The molecule has 0 saturated heterocycles. The Balaban J connectivity index is 1.82. The first-order valence-electron chi connectivity index (χ1n) is 7.99. The first-order chi connectivity index (χ1) is 12.0. The standard InChI is InChI=1S/C17H19N3O4S/c1-2-24-17(21)15-12-18-19-16(15)25(22,23)20-10-8-14(9-11-20)13-6-4-3-5-7-13/h3-8,12H,2,9-11H2,1H3,(H,18,19). The minimum absolute atomic E-state index is 0.0697. The number of H-pyrrole nitrogens is 1. The quantitative estimate of drug-likeness (QED) is 0.823. The van der Waals surface area contributed by atoms with Crippen LogP contribution in [0.25, 0.3) is 5.57 Å². The third-order valence-corrected chi connectivity index (χ3v) is 5.85. The maximum Gasteiger partial charge on any atom is 0.342 e. The maximum absolute atomic E-state index is 12.8. The second-order valence-electron chi connectivity index (χ2n) is 5.54. The zero-order valence-electron chi connectivity index (χ0n) is 13.8. The molecule has 0 aliphatic carbocycles. The van der Waals surface area contributed by atoms with Crippen molar-refractivity contribution in [1.82, 2.24) is 14.5 Å². The van der Waals surface area contributed by atoms with Crippen LogP contribution in [0.4, 0.5) is 0 Å². The molecular weight excluding hydrogens is 342 g/mol. The highest BCUT2D eigenvalue weighted by Crippen LogP contribution is 2.26. The molecule has 0 atom stereocenters. The number of nitrogens with one attached hydrogen (secondary N) is 1. The number of carbonyl (C=O) groups excluding carboxylic acids is 1. The monoisotopic (exact) mass is 361 g/mol. The van der Waals surface area contributed by atoms with Gasteiger partial charge >= 0.3 is 5.97 Å². The second kappa shape index (κ2) is 7.20. The molecule has 8 heteroatoms. The fourth-order valence-corrected chi connectivity index (χ4v) is 4.18. The van der Waals surface area contributed by atoms with Crippen molar-refractivity contribution in [2.75, 3.05) is 19.7 Å². The Morgan fingerprint density at radius 2 is 2.08 bits per heavy atom. The van der Waals surface area contributed by atoms with E-state index in [1.165, 1.54) is 10.5 Å². The topological polar surface area (TPSA) is 92.4 Å². The molecule has 1 aromatic heterocycles. The van der Waals surface area contributed by atoms with Crippen molar-refractivity contribution in [2.24, 2.45) is 0 Å². The molecule has 3 rings (SSSR count). The van der Waals surface area contributed by atoms with E-state index in [1.807, 2.05) is 36.4 Å². The van der Waals surface area contributed by atoms with Crippen LogP contribution in [0.5, 0.6) is 0 Å². The lowest BCUT2D eigenvalue weighted by Crippen LogP contribution is -2.35. The predicted molar refractivity (Wildman–Crippen MR) is 92.3 cm³/mol. The molecule has 132 valence electrons. The minimum Gasteiger partial charge on any atom is -0.462 e. The summed E-state index contributed by atoms with van der Waals surface area (Å²) in [5, 5.41) is 5.91. The van der Waals surface area contributed by atoms with Gasteiger partial charge in [0.15, 0.2) is 5.03 Å². The van der Waals surface area contributed by atoms with Gasteiger partial charge in [-0.15, -0.1) is 0 Å². The SMILES string of the molecule is CCOC(=O)c1cn[nH]c1S(=O)(=O)N1CC=C(c2ccccc2)CC1. The van der Waals surface area contributed by atoms with Crippen molar-refractivity contribution >= 4 is 21.6 Å². The highest BCUT2D eigenvalue weighted by Gasteiger charge is 2.32. The van der Waals surface area contributed by atoms with Gasteiger partial charge in [-0.05, 0) is 24.5 Å². The van der Waals surface area contributed by atoms with E-state index < -0.39 is 16.0 Å². The molecule has 1 aliphatic rings. The molecule has 1 N–H and O–H groups in total. The lowest BCUT2D eigenvalue weighted by atomic mass is 10.0. The number of aromatic nitrogens is 2. The van der Waals surface area contributed by atoms with E-state index in [9.17, 15) is 13.2 Å². The van der Waals surface area contributed by atoms with E-state index in [0.717, 1.165) is 11.1 Å². The average molecular weight is 361 g/mol. The Morgan fingerprint density at radius 3 is 2.72 bits per heavy atom. The summed E-state index contributed by atoms with van der Waals surface area (Å²) < 4.78 is 31.9. The fraction of sp³-hybridized carbons (Fsp3) is 0.294. The van der Waals surface area contributed by atoms with Gasteiger partial charge in [0, 0.05) is 13.1 Å². The summed E-state index contributed by atoms with van der Waals surface area (Å²) in [5.41, 5.74) is 2.13. The molecule has 0 fully saturated rings. The number of sulfonamides is 1. The summed E-state index contributed by atoms with van der Waals surface area (Å²) in [6.07, 6.45) is 3.68. The van der Waals surface area contributed by atoms with Gasteiger partial charge in [-0.25, -0.2) is 13.2 Å². The predicted octanol–water partition coefficient (Wildman–Crippen LogP) is 2.06. The number of rotatable bonds is 5. The van der Waals surface area contributed by atoms with Crippen LogP contribution < -0.4 is 0 Å². The van der Waals surface area contributed by atoms with Crippen LogP contribution in [0.3, 0.4) is 0 Å². The van der Waals surface area contributed by atoms with Gasteiger partial charge in [-0.3, -0.25) is 5.10 Å². The first-order valence-corrected chi connectivity index (χ1v) is 9.43. The van der Waals surface area contributed by atoms with Gasteiger partial charge in [0.1, 0.15) is 5.56 Å². The number of ether oxygens (including phenoxy) is 1. The molecule has 0 amide bonds. The Hall–Kier alpha value is -2.45. The number of esters is 1. The van der Waals surface area contributed by atoms with Crippen LogP contribution in [-0.2, 0) is 14.8 Å². The van der Waals surface area contributed by atoms with Gasteiger partial charge in [-0.2, -0.15) is 9.40 Å². The molecule has 0 bridgehead atoms. The Bertz CT molecular complexity index is 888. The summed E-state index contributed by atoms with van der Waals surface area (Å²) in [7, 11) is -3.85. The molecule has 0 saturated carbocycles. The third-order valence-electron chi connectivity index (χ3n) is 4.01. The van der Waals surface area contributed by atoms with Gasteiger partial charge < -0.3 is 4.74 Å². The second-order valence-corrected chi connectivity index (χ2v) is 7.42. The lowest BCUT2D eigenvalue weighted by molar-refractivity contribution is 0.0521. The van der Waals surface area contributed by atoms with E-state index in [0.29, 0.717) is 13.0 Å². The normalized spacial score (nSPS) is 15.6. The number of hydrogen-bond donors (Lipinski definition) is 1. The van der Waals surface area contributed by atoms with E-state index in [1.54, 1.807) is 6.92 Å². The Labute approximate surface area is 146 Å². The molecule has 7 nitrogen and oxygen atoms in total. The number of carbonyl (C=O) groups is 1. The van der Waals surface area contributed by atoms with Crippen molar-refractivity contribution in [3.63, 3.8) is 0 Å². The van der Waals surface area contributed by atoms with Gasteiger partial charge in [0.05, 0.1) is 12.8 Å². The van der Waals surface area contributed by atoms with Gasteiger partial charge in [0.2, 0.25) is 0 Å². The minimum atomic E-state index is -3.85. The largest absolute Gasteiger partial charge is 0.462 e. The van der Waals surface area contributed by atoms with E-state index in [4.69, 9.17) is 4.74 Å². The van der Waals surface area contributed by atoms with E-state index in [2.05, 4.69) is 10.2 Å². The average Bonchev–Trinajstić information content (AvgIpc) is 3.14. The van der Waals surface area contributed by atoms with Crippen LogP contribution in [0.2, 0.25) is 0 Å². The maximum atomic E-state index is 12.8. The van der Waals surface area contributed by atoms with Crippen LogP contribution in [0.15, 0.2) is 47.6 Å². The number of nitrogens with zero attached hydrogens (tertiary/aromatic N) is 2. The van der Waals surface area contributed by atoms with Crippen LogP contribution in [-0.4, -0.2) is 48.6 Å². The highest BCUT2D eigenvalue weighted by molar-refractivity contribution is 7.89. The summed E-state index contributed by atoms with van der Waals surface area (Å²) in [5.74, 6) is -0.702. The van der Waals surface area contributed by atoms with Crippen molar-refractivity contribution in [1.29, 1.82) is 0 Å². The van der Waals surface area contributed by atoms with Crippen molar-refractivity contribution in [3.05, 3.63) is 53.7 Å². The first kappa shape index (κ1) is 17.4. The van der Waals surface area contributed by atoms with Crippen LogP contribution >= 0.6 is 0 Å². The molecular formula is C17H19N3O4S. The molecule has 2 aromatic rings. The zero-order chi connectivity index (χ0) is 17.9. The third kappa shape index (κ3) is 3.49. The van der Waals surface area contributed by atoms with Crippen molar-refractivity contribution < 1.29 is 17.9 Å². The van der Waals surface area contributed by atoms with Crippen LogP contribution in [0.1, 0.15) is 29.3 Å². The summed E-state index contributed by atoms with van der Waals surface area (Å²) in [4.78, 5) is 11.9. The van der Waals surface area contributed by atoms with E-state index in [-0.39, 0.29) is 23.7 Å². The van der Waals surface area contributed by atoms with E-state index >= 15 is 0 Å². The summed E-state index contributed by atoms with van der Waals surface area (Å²) in [6.45, 7) is 2.40. The van der Waals surface area contributed by atoms with Crippen molar-refractivity contribution in [3.8, 4) is 0 Å². The molecule has 25 heavy (non-hydrogen) atoms. The van der Waals surface area contributed by atoms with Gasteiger partial charge in [-0.1, -0.05) is 36.4 Å². The number of benzene rings is 1. The van der Waals surface area contributed by atoms with Crippen LogP contribution in [0, 0.1) is 0 Å². The molecule has 2 heterocycles. The molecule has 0 spiro atoms. The Morgan fingerprint density at radius 1 is 1.32 bits per heavy atom. The molecule has 1 aromatic carbocycles. The number of aromatic amines is 1. The highest BCUT2D eigenvalue weighted by atomic mass is 32.2. The zero-order valence-corrected chi connectivity index (χ0v) is 14.6. The molecule has 0 radical (unpaired) electrons. The molecule has 1 aliphatic heterocycles. The smallest absolute Gasteiger partial charge is 0.342 e. The summed E-state index contributed by atoms with van der Waals surface area (Å²) >= 11 is 0. The fourth-order valence-electron chi connectivity index (χ4n) is 2.74. The van der Waals surface area contributed by atoms with Crippen molar-refractivity contribution in [2.45, 2.75) is 18.4 Å². The molecule has 0 unspecified atom stereocenters. The summed E-state index contributed by atoms with van der Waals surface area (Å²) in [6, 6.07) is 9.86. The Kier molecular flexibility index (Phi) is 5.00.